The quantitative estimate of drug-likeness (QED) is 0.354. The molecule has 0 aliphatic heterocycles. The van der Waals surface area contributed by atoms with Gasteiger partial charge in [0.1, 0.15) is 12.7 Å². The van der Waals surface area contributed by atoms with Crippen molar-refractivity contribution in [3.05, 3.63) is 107 Å². The van der Waals surface area contributed by atoms with E-state index in [0.29, 0.717) is 17.7 Å². The first-order valence-corrected chi connectivity index (χ1v) is 12.2. The third kappa shape index (κ3) is 4.58. The molecule has 0 saturated carbocycles. The van der Waals surface area contributed by atoms with E-state index in [1.54, 1.807) is 21.8 Å². The molecule has 7 nitrogen and oxygen atoms in total. The number of rotatable bonds is 8. The average Bonchev–Trinajstić information content (AvgIpc) is 3.35. The van der Waals surface area contributed by atoms with Crippen LogP contribution in [0.25, 0.3) is 33.7 Å². The molecule has 7 heteroatoms. The van der Waals surface area contributed by atoms with Crippen molar-refractivity contribution in [1.29, 1.82) is 0 Å². The summed E-state index contributed by atoms with van der Waals surface area (Å²) in [5.74, 6) is 0. The summed E-state index contributed by atoms with van der Waals surface area (Å²) in [7, 11) is 2.15. The van der Waals surface area contributed by atoms with Crippen molar-refractivity contribution in [2.75, 3.05) is 13.6 Å². The Morgan fingerprint density at radius 3 is 2.39 bits per heavy atom. The average molecular weight is 479 g/mol. The summed E-state index contributed by atoms with van der Waals surface area (Å²) >= 11 is 0. The summed E-state index contributed by atoms with van der Waals surface area (Å²) in [4.78, 5) is 24.7. The number of nitrogens with two attached hydrogens (primary N) is 1. The highest BCUT2D eigenvalue weighted by molar-refractivity contribution is 5.73. The van der Waals surface area contributed by atoms with Gasteiger partial charge in [-0.15, -0.1) is 0 Å². The van der Waals surface area contributed by atoms with Crippen LogP contribution in [0.15, 0.2) is 90.2 Å². The molecule has 0 unspecified atom stereocenters. The summed E-state index contributed by atoms with van der Waals surface area (Å²) < 4.78 is 3.34. The predicted octanol–water partition coefficient (Wildman–Crippen LogP) is 4.54. The van der Waals surface area contributed by atoms with E-state index in [2.05, 4.69) is 65.2 Å². The number of fused-ring (bicyclic) bond motifs is 1. The van der Waals surface area contributed by atoms with Crippen LogP contribution in [-0.4, -0.2) is 37.6 Å². The van der Waals surface area contributed by atoms with Gasteiger partial charge in [0.05, 0.1) is 5.69 Å². The fourth-order valence-corrected chi connectivity index (χ4v) is 4.62. The topological polar surface area (TPSA) is 82.0 Å². The van der Waals surface area contributed by atoms with E-state index >= 15 is 0 Å². The van der Waals surface area contributed by atoms with Crippen molar-refractivity contribution >= 4 is 11.2 Å². The molecule has 36 heavy (non-hydrogen) atoms. The minimum Gasteiger partial charge on any atom is -0.326 e. The van der Waals surface area contributed by atoms with Gasteiger partial charge < -0.3 is 10.6 Å². The zero-order chi connectivity index (χ0) is 25.1. The van der Waals surface area contributed by atoms with Crippen LogP contribution >= 0.6 is 0 Å². The van der Waals surface area contributed by atoms with Gasteiger partial charge in [-0.1, -0.05) is 55.5 Å². The SMILES string of the molecule is CCCN(C)Cc1ccccc1-c1ccc(-n2cnc3ncn(-c4cccc(CN)c4)c3c2=O)cc1. The molecule has 0 bridgehead atoms. The van der Waals surface area contributed by atoms with E-state index in [-0.39, 0.29) is 5.56 Å². The molecule has 2 N–H and O–H groups in total. The maximum atomic E-state index is 13.6. The zero-order valence-corrected chi connectivity index (χ0v) is 20.6. The Labute approximate surface area is 210 Å². The monoisotopic (exact) mass is 478 g/mol. The van der Waals surface area contributed by atoms with E-state index in [1.165, 1.54) is 11.1 Å². The third-order valence-electron chi connectivity index (χ3n) is 6.41. The number of imidazole rings is 1. The van der Waals surface area contributed by atoms with Crippen LogP contribution in [0.3, 0.4) is 0 Å². The fourth-order valence-electron chi connectivity index (χ4n) is 4.62. The maximum absolute atomic E-state index is 13.6. The van der Waals surface area contributed by atoms with Gasteiger partial charge in [-0.2, -0.15) is 0 Å². The van der Waals surface area contributed by atoms with Crippen LogP contribution in [0.1, 0.15) is 24.5 Å². The van der Waals surface area contributed by atoms with E-state index in [1.807, 2.05) is 36.4 Å². The molecule has 2 aromatic heterocycles. The molecule has 2 heterocycles. The molecular formula is C29H30N6O. The second-order valence-electron chi connectivity index (χ2n) is 9.02. The summed E-state index contributed by atoms with van der Waals surface area (Å²) in [5.41, 5.74) is 12.6. The van der Waals surface area contributed by atoms with Crippen molar-refractivity contribution in [2.45, 2.75) is 26.4 Å². The van der Waals surface area contributed by atoms with Gasteiger partial charge in [-0.3, -0.25) is 13.9 Å². The summed E-state index contributed by atoms with van der Waals surface area (Å²) in [6, 6.07) is 24.3. The Kier molecular flexibility index (Phi) is 6.75. The van der Waals surface area contributed by atoms with E-state index < -0.39 is 0 Å². The minimum atomic E-state index is -0.176. The summed E-state index contributed by atoms with van der Waals surface area (Å²) in [6.07, 6.45) is 4.30. The molecule has 0 radical (unpaired) electrons. The first kappa shape index (κ1) is 23.7. The Balaban J connectivity index is 1.51. The van der Waals surface area contributed by atoms with Gasteiger partial charge in [0.2, 0.25) is 0 Å². The van der Waals surface area contributed by atoms with Crippen LogP contribution in [0.5, 0.6) is 0 Å². The number of benzene rings is 3. The fraction of sp³-hybridized carbons (Fsp3) is 0.207. The lowest BCUT2D eigenvalue weighted by Gasteiger charge is -2.18. The van der Waals surface area contributed by atoms with Crippen LogP contribution in [0.4, 0.5) is 0 Å². The second-order valence-corrected chi connectivity index (χ2v) is 9.02. The highest BCUT2D eigenvalue weighted by Gasteiger charge is 2.14. The van der Waals surface area contributed by atoms with Crippen molar-refractivity contribution < 1.29 is 0 Å². The molecule has 0 amide bonds. The largest absolute Gasteiger partial charge is 0.326 e. The number of aromatic nitrogens is 4. The van der Waals surface area contributed by atoms with Crippen LogP contribution in [0, 0.1) is 0 Å². The van der Waals surface area contributed by atoms with Gasteiger partial charge in [0.25, 0.3) is 5.56 Å². The summed E-state index contributed by atoms with van der Waals surface area (Å²) in [6.45, 7) is 4.56. The second kappa shape index (κ2) is 10.3. The molecule has 182 valence electrons. The van der Waals surface area contributed by atoms with Crippen LogP contribution < -0.4 is 11.3 Å². The van der Waals surface area contributed by atoms with E-state index in [9.17, 15) is 4.79 Å². The van der Waals surface area contributed by atoms with Crippen molar-refractivity contribution in [1.82, 2.24) is 24.0 Å². The molecule has 5 aromatic rings. The molecule has 5 rings (SSSR count). The van der Waals surface area contributed by atoms with Crippen molar-refractivity contribution in [3.63, 3.8) is 0 Å². The molecule has 3 aromatic carbocycles. The molecule has 0 spiro atoms. The third-order valence-corrected chi connectivity index (χ3v) is 6.41. The maximum Gasteiger partial charge on any atom is 0.284 e. The van der Waals surface area contributed by atoms with Gasteiger partial charge in [0.15, 0.2) is 11.2 Å². The van der Waals surface area contributed by atoms with Gasteiger partial charge in [-0.05, 0) is 66.5 Å². The predicted molar refractivity (Wildman–Crippen MR) is 144 cm³/mol. The Morgan fingerprint density at radius 1 is 0.889 bits per heavy atom. The Bertz CT molecular complexity index is 1550. The lowest BCUT2D eigenvalue weighted by atomic mass is 9.99. The smallest absolute Gasteiger partial charge is 0.284 e. The number of hydrogen-bond donors (Lipinski definition) is 1. The first-order valence-electron chi connectivity index (χ1n) is 12.2. The molecular weight excluding hydrogens is 448 g/mol. The zero-order valence-electron chi connectivity index (χ0n) is 20.6. The van der Waals surface area contributed by atoms with Crippen molar-refractivity contribution in [3.8, 4) is 22.5 Å². The summed E-state index contributed by atoms with van der Waals surface area (Å²) in [5, 5.41) is 0. The van der Waals surface area contributed by atoms with Crippen LogP contribution in [0.2, 0.25) is 0 Å². The molecule has 0 aliphatic carbocycles. The molecule has 0 fully saturated rings. The molecule has 0 aliphatic rings. The van der Waals surface area contributed by atoms with E-state index in [4.69, 9.17) is 5.73 Å². The van der Waals surface area contributed by atoms with Crippen LogP contribution in [-0.2, 0) is 13.1 Å². The highest BCUT2D eigenvalue weighted by Crippen LogP contribution is 2.26. The number of nitrogens with zero attached hydrogens (tertiary/aromatic N) is 5. The Hall–Kier alpha value is -4.07. The van der Waals surface area contributed by atoms with E-state index in [0.717, 1.165) is 42.0 Å². The first-order chi connectivity index (χ1) is 17.6. The van der Waals surface area contributed by atoms with Gasteiger partial charge in [-0.25, -0.2) is 9.97 Å². The Morgan fingerprint density at radius 2 is 1.64 bits per heavy atom. The van der Waals surface area contributed by atoms with Crippen molar-refractivity contribution in [2.24, 2.45) is 5.73 Å². The lowest BCUT2D eigenvalue weighted by molar-refractivity contribution is 0.328. The number of hydrogen-bond acceptors (Lipinski definition) is 5. The lowest BCUT2D eigenvalue weighted by Crippen LogP contribution is -2.20. The highest BCUT2D eigenvalue weighted by atomic mass is 16.1. The van der Waals surface area contributed by atoms with Gasteiger partial charge in [0, 0.05) is 18.8 Å². The minimum absolute atomic E-state index is 0.176. The molecule has 0 atom stereocenters. The normalized spacial score (nSPS) is 11.4. The standard InChI is InChI=1S/C29H30N6O/c1-3-15-33(2)18-23-8-4-5-10-26(23)22-11-13-24(14-12-22)35-20-32-28-27(29(35)36)34(19-31-28)25-9-6-7-21(16-25)17-30/h4-14,16,19-20H,3,15,17-18,30H2,1-2H3. The van der Waals surface area contributed by atoms with Gasteiger partial charge >= 0.3 is 0 Å². The molecule has 0 saturated heterocycles.